The van der Waals surface area contributed by atoms with E-state index < -0.39 is 0 Å². The zero-order valence-electron chi connectivity index (χ0n) is 10.7. The minimum absolute atomic E-state index is 0.704. The predicted octanol–water partition coefficient (Wildman–Crippen LogP) is 2.51. The van der Waals surface area contributed by atoms with Crippen molar-refractivity contribution in [3.05, 3.63) is 28.3 Å². The summed E-state index contributed by atoms with van der Waals surface area (Å²) in [6.45, 7) is 7.77. The van der Waals surface area contributed by atoms with Crippen molar-refractivity contribution < 1.29 is 0 Å². The first-order valence-corrected chi connectivity index (χ1v) is 7.16. The minimum Gasteiger partial charge on any atom is -0.297 e. The van der Waals surface area contributed by atoms with Crippen molar-refractivity contribution in [2.75, 3.05) is 13.1 Å². The molecule has 18 heavy (non-hydrogen) atoms. The Labute approximate surface area is 115 Å². The summed E-state index contributed by atoms with van der Waals surface area (Å²) in [6.07, 6.45) is 4.90. The second-order valence-corrected chi connectivity index (χ2v) is 6.24. The van der Waals surface area contributed by atoms with E-state index in [-0.39, 0.29) is 0 Å². The molecule has 0 bridgehead atoms. The highest BCUT2D eigenvalue weighted by Gasteiger charge is 2.22. The van der Waals surface area contributed by atoms with Gasteiger partial charge in [0.1, 0.15) is 0 Å². The van der Waals surface area contributed by atoms with Crippen LogP contribution in [0.1, 0.15) is 25.2 Å². The third-order valence-corrected chi connectivity index (χ3v) is 3.70. The molecule has 3 heterocycles. The van der Waals surface area contributed by atoms with Crippen LogP contribution >= 0.6 is 15.9 Å². The first kappa shape index (κ1) is 12.1. The quantitative estimate of drug-likeness (QED) is 0.855. The Bertz CT molecular complexity index is 576. The van der Waals surface area contributed by atoms with Gasteiger partial charge in [0.05, 0.1) is 15.9 Å². The number of hydrogen-bond donors (Lipinski definition) is 0. The molecule has 0 atom stereocenters. The Morgan fingerprint density at radius 2 is 2.28 bits per heavy atom. The monoisotopic (exact) mass is 308 g/mol. The van der Waals surface area contributed by atoms with E-state index in [1.807, 2.05) is 0 Å². The van der Waals surface area contributed by atoms with E-state index in [1.165, 1.54) is 11.4 Å². The Hall–Kier alpha value is -0.940. The third kappa shape index (κ3) is 2.17. The smallest absolute Gasteiger partial charge is 0.234 e. The van der Waals surface area contributed by atoms with E-state index in [2.05, 4.69) is 55.2 Å². The Morgan fingerprint density at radius 3 is 3.06 bits per heavy atom. The molecule has 0 aromatic carbocycles. The topological polar surface area (TPSA) is 33.4 Å². The lowest BCUT2D eigenvalue weighted by Gasteiger charge is -2.27. The maximum absolute atomic E-state index is 4.61. The highest BCUT2D eigenvalue weighted by Crippen LogP contribution is 2.21. The Kier molecular flexibility index (Phi) is 3.11. The van der Waals surface area contributed by atoms with Crippen LogP contribution in [0.15, 0.2) is 16.9 Å². The van der Waals surface area contributed by atoms with Gasteiger partial charge < -0.3 is 0 Å². The standard InChI is InChI=1S/C13H17BrN4/c1-9(2)6-17-4-3-11-12(8-17)18-7-10(14)5-15-13(18)16-11/h5,7,9H,3-4,6,8H2,1-2H3. The van der Waals surface area contributed by atoms with Crippen LogP contribution in [-0.4, -0.2) is 32.4 Å². The summed E-state index contributed by atoms with van der Waals surface area (Å²) in [5, 5.41) is 0. The van der Waals surface area contributed by atoms with Crippen molar-refractivity contribution in [1.29, 1.82) is 0 Å². The normalized spacial score (nSPS) is 16.4. The number of halogens is 1. The van der Waals surface area contributed by atoms with Gasteiger partial charge in [-0.05, 0) is 21.8 Å². The number of rotatable bonds is 2. The molecule has 1 aliphatic rings. The zero-order valence-corrected chi connectivity index (χ0v) is 12.3. The van der Waals surface area contributed by atoms with Gasteiger partial charge in [0.25, 0.3) is 0 Å². The largest absolute Gasteiger partial charge is 0.297 e. The lowest BCUT2D eigenvalue weighted by molar-refractivity contribution is 0.222. The van der Waals surface area contributed by atoms with Crippen molar-refractivity contribution in [3.63, 3.8) is 0 Å². The highest BCUT2D eigenvalue weighted by atomic mass is 79.9. The van der Waals surface area contributed by atoms with Crippen LogP contribution in [0.5, 0.6) is 0 Å². The number of aromatic nitrogens is 3. The SMILES string of the molecule is CC(C)CN1CCc2nc3ncc(Br)cn3c2C1. The molecule has 0 saturated carbocycles. The van der Waals surface area contributed by atoms with Gasteiger partial charge in [0.2, 0.25) is 5.78 Å². The summed E-state index contributed by atoms with van der Waals surface area (Å²) in [5.74, 6) is 1.52. The number of fused-ring (bicyclic) bond motifs is 3. The fourth-order valence-electron chi connectivity index (χ4n) is 2.60. The number of imidazole rings is 1. The molecular weight excluding hydrogens is 292 g/mol. The first-order valence-electron chi connectivity index (χ1n) is 6.37. The van der Waals surface area contributed by atoms with Gasteiger partial charge in [-0.1, -0.05) is 13.8 Å². The average molecular weight is 309 g/mol. The molecule has 5 heteroatoms. The molecule has 2 aromatic heterocycles. The lowest BCUT2D eigenvalue weighted by Crippen LogP contribution is -2.33. The van der Waals surface area contributed by atoms with Crippen LogP contribution in [-0.2, 0) is 13.0 Å². The summed E-state index contributed by atoms with van der Waals surface area (Å²) in [6, 6.07) is 0. The highest BCUT2D eigenvalue weighted by molar-refractivity contribution is 9.10. The average Bonchev–Trinajstić information content (AvgIpc) is 2.66. The molecule has 2 aromatic rings. The van der Waals surface area contributed by atoms with Crippen LogP contribution in [0.3, 0.4) is 0 Å². The molecule has 0 radical (unpaired) electrons. The molecule has 0 unspecified atom stereocenters. The van der Waals surface area contributed by atoms with Crippen LogP contribution in [0.2, 0.25) is 0 Å². The van der Waals surface area contributed by atoms with E-state index >= 15 is 0 Å². The molecule has 4 nitrogen and oxygen atoms in total. The van der Waals surface area contributed by atoms with E-state index in [9.17, 15) is 0 Å². The van der Waals surface area contributed by atoms with Crippen molar-refractivity contribution in [1.82, 2.24) is 19.3 Å². The molecule has 96 valence electrons. The summed E-state index contributed by atoms with van der Waals surface area (Å²) < 4.78 is 3.11. The Morgan fingerprint density at radius 1 is 1.44 bits per heavy atom. The molecule has 0 N–H and O–H groups in total. The maximum Gasteiger partial charge on any atom is 0.234 e. The molecule has 1 aliphatic heterocycles. The van der Waals surface area contributed by atoms with Gasteiger partial charge in [-0.25, -0.2) is 9.97 Å². The molecule has 3 rings (SSSR count). The van der Waals surface area contributed by atoms with Gasteiger partial charge in [-0.15, -0.1) is 0 Å². The van der Waals surface area contributed by atoms with Crippen molar-refractivity contribution >= 4 is 21.7 Å². The van der Waals surface area contributed by atoms with Gasteiger partial charge in [-0.3, -0.25) is 9.30 Å². The molecule has 0 aliphatic carbocycles. The fourth-order valence-corrected chi connectivity index (χ4v) is 2.90. The maximum atomic E-state index is 4.61. The summed E-state index contributed by atoms with van der Waals surface area (Å²) in [4.78, 5) is 11.5. The molecular formula is C13H17BrN4. The first-order chi connectivity index (χ1) is 8.63. The lowest BCUT2D eigenvalue weighted by atomic mass is 10.1. The summed E-state index contributed by atoms with van der Waals surface area (Å²) in [7, 11) is 0. The fraction of sp³-hybridized carbons (Fsp3) is 0.538. The van der Waals surface area contributed by atoms with Crippen molar-refractivity contribution in [3.8, 4) is 0 Å². The van der Waals surface area contributed by atoms with Gasteiger partial charge in [0, 0.05) is 38.4 Å². The van der Waals surface area contributed by atoms with E-state index in [0.29, 0.717) is 5.92 Å². The third-order valence-electron chi connectivity index (χ3n) is 3.29. The van der Waals surface area contributed by atoms with Crippen LogP contribution in [0.4, 0.5) is 0 Å². The Balaban J connectivity index is 1.98. The summed E-state index contributed by atoms with van der Waals surface area (Å²) >= 11 is 3.48. The predicted molar refractivity (Wildman–Crippen MR) is 74.5 cm³/mol. The minimum atomic E-state index is 0.704. The van der Waals surface area contributed by atoms with E-state index in [4.69, 9.17) is 0 Å². The van der Waals surface area contributed by atoms with Crippen LogP contribution in [0, 0.1) is 5.92 Å². The second kappa shape index (κ2) is 4.63. The van der Waals surface area contributed by atoms with E-state index in [1.54, 1.807) is 6.20 Å². The molecule has 0 amide bonds. The number of hydrogen-bond acceptors (Lipinski definition) is 3. The molecule has 0 fully saturated rings. The van der Waals surface area contributed by atoms with Gasteiger partial charge >= 0.3 is 0 Å². The van der Waals surface area contributed by atoms with Crippen LogP contribution in [0.25, 0.3) is 5.78 Å². The number of nitrogens with zero attached hydrogens (tertiary/aromatic N) is 4. The second-order valence-electron chi connectivity index (χ2n) is 5.33. The van der Waals surface area contributed by atoms with Gasteiger partial charge in [-0.2, -0.15) is 0 Å². The van der Waals surface area contributed by atoms with Crippen molar-refractivity contribution in [2.24, 2.45) is 5.92 Å². The van der Waals surface area contributed by atoms with E-state index in [0.717, 1.165) is 36.3 Å². The zero-order chi connectivity index (χ0) is 12.7. The molecule has 0 saturated heterocycles. The van der Waals surface area contributed by atoms with Crippen LogP contribution < -0.4 is 0 Å². The van der Waals surface area contributed by atoms with Gasteiger partial charge in [0.15, 0.2) is 0 Å². The van der Waals surface area contributed by atoms with Crippen molar-refractivity contribution in [2.45, 2.75) is 26.8 Å². The molecule has 0 spiro atoms. The summed E-state index contributed by atoms with van der Waals surface area (Å²) in [5.41, 5.74) is 2.51.